The highest BCUT2D eigenvalue weighted by Crippen LogP contribution is 2.30. The van der Waals surface area contributed by atoms with Crippen LogP contribution in [0.1, 0.15) is 51.0 Å². The van der Waals surface area contributed by atoms with Crippen LogP contribution < -0.4 is 0 Å². The largest absolute Gasteiger partial charge is 0.328 e. The van der Waals surface area contributed by atoms with Crippen molar-refractivity contribution in [3.8, 4) is 0 Å². The van der Waals surface area contributed by atoms with Crippen molar-refractivity contribution < 1.29 is 9.59 Å². The predicted molar refractivity (Wildman–Crippen MR) is 101 cm³/mol. The lowest BCUT2D eigenvalue weighted by molar-refractivity contribution is -0.130. The number of rotatable bonds is 4. The molecule has 1 aromatic carbocycles. The highest BCUT2D eigenvalue weighted by molar-refractivity contribution is 6.04. The van der Waals surface area contributed by atoms with Crippen molar-refractivity contribution in [3.05, 3.63) is 35.9 Å². The summed E-state index contributed by atoms with van der Waals surface area (Å²) in [5.74, 6) is -0.0229. The molecule has 3 amide bonds. The Morgan fingerprint density at radius 1 is 0.923 bits per heavy atom. The maximum absolute atomic E-state index is 13.0. The van der Waals surface area contributed by atoms with E-state index < -0.39 is 0 Å². The summed E-state index contributed by atoms with van der Waals surface area (Å²) in [6.45, 7) is 4.39. The van der Waals surface area contributed by atoms with Gasteiger partial charge < -0.3 is 9.80 Å². The molecule has 1 saturated carbocycles. The van der Waals surface area contributed by atoms with Gasteiger partial charge in [0, 0.05) is 31.7 Å². The molecule has 4 rings (SSSR count). The van der Waals surface area contributed by atoms with Gasteiger partial charge in [0.2, 0.25) is 0 Å². The molecule has 3 fully saturated rings. The maximum atomic E-state index is 13.0. The van der Waals surface area contributed by atoms with Gasteiger partial charge in [-0.15, -0.1) is 0 Å². The smallest absolute Gasteiger partial charge is 0.308 e. The van der Waals surface area contributed by atoms with Crippen molar-refractivity contribution in [1.82, 2.24) is 14.7 Å². The third kappa shape index (κ3) is 3.25. The second-order valence-corrected chi connectivity index (χ2v) is 7.99. The van der Waals surface area contributed by atoms with Gasteiger partial charge in [-0.1, -0.05) is 43.2 Å². The van der Waals surface area contributed by atoms with Crippen molar-refractivity contribution in [2.24, 2.45) is 0 Å². The molecule has 0 spiro atoms. The van der Waals surface area contributed by atoms with Crippen LogP contribution in [-0.4, -0.2) is 57.9 Å². The van der Waals surface area contributed by atoms with E-state index in [4.69, 9.17) is 0 Å². The van der Waals surface area contributed by atoms with E-state index in [1.165, 1.54) is 25.7 Å². The van der Waals surface area contributed by atoms with Gasteiger partial charge in [0.05, 0.1) is 0 Å². The number of hydrogen-bond donors (Lipinski definition) is 0. The molecule has 1 aliphatic carbocycles. The summed E-state index contributed by atoms with van der Waals surface area (Å²) < 4.78 is 0. The number of carbonyl (C=O) groups excluding carboxylic acids is 2. The van der Waals surface area contributed by atoms with Crippen LogP contribution in [0.5, 0.6) is 0 Å². The fourth-order valence-electron chi connectivity index (χ4n) is 4.83. The zero-order chi connectivity index (χ0) is 18.1. The molecule has 0 radical (unpaired) electrons. The van der Waals surface area contributed by atoms with Crippen LogP contribution >= 0.6 is 0 Å². The molecular formula is C21H29N3O2. The molecule has 26 heavy (non-hydrogen) atoms. The van der Waals surface area contributed by atoms with Crippen LogP contribution in [0.2, 0.25) is 0 Å². The first kappa shape index (κ1) is 17.5. The summed E-state index contributed by atoms with van der Waals surface area (Å²) in [7, 11) is 0. The number of nitrogens with zero attached hydrogens (tertiary/aromatic N) is 3. The van der Waals surface area contributed by atoms with E-state index in [1.807, 2.05) is 37.3 Å². The minimum absolute atomic E-state index is 0.0229. The molecule has 5 nitrogen and oxygen atoms in total. The van der Waals surface area contributed by atoms with Crippen molar-refractivity contribution in [2.75, 3.05) is 13.1 Å². The third-order valence-electron chi connectivity index (χ3n) is 6.42. The molecule has 2 aliphatic heterocycles. The topological polar surface area (TPSA) is 43.9 Å². The Kier molecular flexibility index (Phi) is 4.98. The van der Waals surface area contributed by atoms with E-state index in [-0.39, 0.29) is 24.0 Å². The van der Waals surface area contributed by atoms with Crippen LogP contribution in [0.3, 0.4) is 0 Å². The Balaban J connectivity index is 1.40. The number of hydrogen-bond acceptors (Lipinski definition) is 3. The minimum atomic E-state index is -0.365. The van der Waals surface area contributed by atoms with Crippen LogP contribution in [-0.2, 0) is 11.3 Å². The zero-order valence-corrected chi connectivity index (χ0v) is 15.6. The van der Waals surface area contributed by atoms with Crippen LogP contribution in [0, 0.1) is 0 Å². The van der Waals surface area contributed by atoms with Gasteiger partial charge >= 0.3 is 6.03 Å². The lowest BCUT2D eigenvalue weighted by atomic mass is 10.0. The first-order valence-electron chi connectivity index (χ1n) is 10.1. The normalized spacial score (nSPS) is 26.3. The number of likely N-dealkylation sites (tertiary alicyclic amines) is 1. The molecule has 1 atom stereocenters. The minimum Gasteiger partial charge on any atom is -0.308 e. The van der Waals surface area contributed by atoms with Gasteiger partial charge in [0.15, 0.2) is 0 Å². The fourth-order valence-corrected chi connectivity index (χ4v) is 4.83. The zero-order valence-electron chi connectivity index (χ0n) is 15.6. The Morgan fingerprint density at radius 3 is 2.23 bits per heavy atom. The van der Waals surface area contributed by atoms with Crippen molar-refractivity contribution in [1.29, 1.82) is 0 Å². The summed E-state index contributed by atoms with van der Waals surface area (Å²) >= 11 is 0. The lowest BCUT2D eigenvalue weighted by Gasteiger charge is -2.38. The molecule has 2 saturated heterocycles. The highest BCUT2D eigenvalue weighted by atomic mass is 16.2. The third-order valence-corrected chi connectivity index (χ3v) is 6.42. The monoisotopic (exact) mass is 355 g/mol. The molecule has 0 N–H and O–H groups in total. The first-order valence-corrected chi connectivity index (χ1v) is 10.1. The second kappa shape index (κ2) is 7.39. The fraction of sp³-hybridized carbons (Fsp3) is 0.619. The predicted octanol–water partition coefficient (Wildman–Crippen LogP) is 3.25. The number of imide groups is 1. The number of amides is 3. The molecule has 0 unspecified atom stereocenters. The van der Waals surface area contributed by atoms with Crippen molar-refractivity contribution in [2.45, 2.75) is 70.1 Å². The van der Waals surface area contributed by atoms with Gasteiger partial charge in [-0.3, -0.25) is 9.69 Å². The Bertz CT molecular complexity index is 648. The van der Waals surface area contributed by atoms with E-state index >= 15 is 0 Å². The molecule has 140 valence electrons. The summed E-state index contributed by atoms with van der Waals surface area (Å²) in [4.78, 5) is 31.7. The van der Waals surface area contributed by atoms with E-state index in [1.54, 1.807) is 9.80 Å². The molecule has 5 heteroatoms. The van der Waals surface area contributed by atoms with Crippen LogP contribution in [0.25, 0.3) is 0 Å². The average Bonchev–Trinajstić information content (AvgIpc) is 3.27. The first-order chi connectivity index (χ1) is 12.6. The molecule has 0 bridgehead atoms. The summed E-state index contributed by atoms with van der Waals surface area (Å²) in [5, 5.41) is 0. The van der Waals surface area contributed by atoms with Crippen molar-refractivity contribution in [3.63, 3.8) is 0 Å². The summed E-state index contributed by atoms with van der Waals surface area (Å²) in [6, 6.07) is 10.2. The average molecular weight is 355 g/mol. The number of benzene rings is 1. The van der Waals surface area contributed by atoms with Gasteiger partial charge in [0.1, 0.15) is 6.04 Å². The van der Waals surface area contributed by atoms with Gasteiger partial charge in [-0.2, -0.15) is 0 Å². The number of piperidine rings is 1. The standard InChI is InChI=1S/C21H29N3O2/c1-16-20(25)24(21(26)23(16)15-17-7-3-2-4-8-17)19-11-13-22(14-12-19)18-9-5-6-10-18/h2-4,7-8,16,18-19H,5-6,9-15H2,1H3/t16-/m0/s1. The van der Waals surface area contributed by atoms with Gasteiger partial charge in [-0.05, 0) is 38.2 Å². The van der Waals surface area contributed by atoms with Crippen LogP contribution in [0.4, 0.5) is 4.79 Å². The van der Waals surface area contributed by atoms with Gasteiger partial charge in [0.25, 0.3) is 5.91 Å². The molecule has 0 aromatic heterocycles. The summed E-state index contributed by atoms with van der Waals surface area (Å²) in [5.41, 5.74) is 1.07. The molecular weight excluding hydrogens is 326 g/mol. The molecule has 1 aromatic rings. The quantitative estimate of drug-likeness (QED) is 0.779. The maximum Gasteiger partial charge on any atom is 0.328 e. The van der Waals surface area contributed by atoms with E-state index in [2.05, 4.69) is 4.90 Å². The Hall–Kier alpha value is -1.88. The van der Waals surface area contributed by atoms with E-state index in [0.29, 0.717) is 6.54 Å². The molecule has 3 aliphatic rings. The number of urea groups is 1. The van der Waals surface area contributed by atoms with E-state index in [0.717, 1.165) is 37.5 Å². The highest BCUT2D eigenvalue weighted by Gasteiger charge is 2.46. The SMILES string of the molecule is C[C@H]1C(=O)N(C2CCN(C3CCCC3)CC2)C(=O)N1Cc1ccccc1. The van der Waals surface area contributed by atoms with Gasteiger partial charge in [-0.25, -0.2) is 4.79 Å². The lowest BCUT2D eigenvalue weighted by Crippen LogP contribution is -2.49. The molecule has 2 heterocycles. The Morgan fingerprint density at radius 2 is 1.58 bits per heavy atom. The van der Waals surface area contributed by atoms with Crippen molar-refractivity contribution >= 4 is 11.9 Å². The van der Waals surface area contributed by atoms with Crippen LogP contribution in [0.15, 0.2) is 30.3 Å². The number of carbonyl (C=O) groups is 2. The van der Waals surface area contributed by atoms with E-state index in [9.17, 15) is 9.59 Å². The summed E-state index contributed by atoms with van der Waals surface area (Å²) in [6.07, 6.45) is 7.15. The Labute approximate surface area is 155 Å². The second-order valence-electron chi connectivity index (χ2n) is 7.99.